The van der Waals surface area contributed by atoms with Gasteiger partial charge in [-0.25, -0.2) is 9.97 Å². The van der Waals surface area contributed by atoms with Crippen LogP contribution in [0.15, 0.2) is 12.5 Å². The van der Waals surface area contributed by atoms with Gasteiger partial charge in [-0.3, -0.25) is 4.90 Å². The normalized spacial score (nSPS) is 19.4. The van der Waals surface area contributed by atoms with Crippen LogP contribution < -0.4 is 0 Å². The molecular formula is C13H21N3. The Hall–Kier alpha value is -0.960. The molecule has 1 aromatic heterocycles. The van der Waals surface area contributed by atoms with Gasteiger partial charge in [-0.2, -0.15) is 0 Å². The molecule has 0 bridgehead atoms. The van der Waals surface area contributed by atoms with Crippen molar-refractivity contribution in [2.75, 3.05) is 0 Å². The second kappa shape index (κ2) is 4.50. The minimum Gasteiger partial charge on any atom is -0.288 e. The highest BCUT2D eigenvalue weighted by atomic mass is 15.2. The molecule has 0 fully saturated rings. The molecule has 0 spiro atoms. The van der Waals surface area contributed by atoms with Crippen LogP contribution in [0.1, 0.15) is 51.3 Å². The van der Waals surface area contributed by atoms with E-state index in [0.29, 0.717) is 5.54 Å². The molecule has 1 unspecified atom stereocenters. The van der Waals surface area contributed by atoms with Crippen LogP contribution in [0.2, 0.25) is 0 Å². The molecule has 0 aromatic carbocycles. The minimum absolute atomic E-state index is 0.315. The van der Waals surface area contributed by atoms with E-state index in [1.54, 1.807) is 6.33 Å². The summed E-state index contributed by atoms with van der Waals surface area (Å²) in [4.78, 5) is 11.0. The van der Waals surface area contributed by atoms with E-state index in [1.165, 1.54) is 30.5 Å². The van der Waals surface area contributed by atoms with Crippen molar-refractivity contribution in [2.24, 2.45) is 0 Å². The molecule has 0 saturated heterocycles. The fraction of sp³-hybridized carbons (Fsp3) is 0.692. The molecule has 0 amide bonds. The number of nitrogens with zero attached hydrogens (tertiary/aromatic N) is 3. The highest BCUT2D eigenvalue weighted by molar-refractivity contribution is 5.21. The predicted octanol–water partition coefficient (Wildman–Crippen LogP) is 2.76. The van der Waals surface area contributed by atoms with Gasteiger partial charge in [-0.1, -0.05) is 20.3 Å². The van der Waals surface area contributed by atoms with Gasteiger partial charge in [0, 0.05) is 30.4 Å². The first-order chi connectivity index (χ1) is 7.69. The van der Waals surface area contributed by atoms with Gasteiger partial charge in [-0.05, 0) is 19.8 Å². The highest BCUT2D eigenvalue weighted by Crippen LogP contribution is 2.32. The van der Waals surface area contributed by atoms with E-state index in [2.05, 4.69) is 35.6 Å². The topological polar surface area (TPSA) is 29.0 Å². The zero-order valence-electron chi connectivity index (χ0n) is 10.5. The number of hydrogen-bond acceptors (Lipinski definition) is 3. The second-order valence-corrected chi connectivity index (χ2v) is 4.95. The Balaban J connectivity index is 2.15. The molecule has 0 radical (unpaired) electrons. The van der Waals surface area contributed by atoms with E-state index in [1.807, 2.05) is 6.20 Å². The van der Waals surface area contributed by atoms with Crippen molar-refractivity contribution in [3.05, 3.63) is 23.8 Å². The maximum absolute atomic E-state index is 4.36. The Morgan fingerprint density at radius 1 is 1.38 bits per heavy atom. The average molecular weight is 219 g/mol. The zero-order valence-corrected chi connectivity index (χ0v) is 10.5. The molecule has 0 N–H and O–H groups in total. The minimum atomic E-state index is 0.315. The third kappa shape index (κ3) is 1.96. The largest absolute Gasteiger partial charge is 0.288 e. The molecule has 2 heterocycles. The third-order valence-electron chi connectivity index (χ3n) is 3.90. The summed E-state index contributed by atoms with van der Waals surface area (Å²) >= 11 is 0. The maximum atomic E-state index is 4.36. The van der Waals surface area contributed by atoms with Crippen LogP contribution in [-0.4, -0.2) is 20.4 Å². The van der Waals surface area contributed by atoms with Crippen LogP contribution >= 0.6 is 0 Å². The van der Waals surface area contributed by atoms with Crippen molar-refractivity contribution in [1.82, 2.24) is 14.9 Å². The molecule has 2 rings (SSSR count). The van der Waals surface area contributed by atoms with Crippen molar-refractivity contribution >= 4 is 0 Å². The monoisotopic (exact) mass is 219 g/mol. The van der Waals surface area contributed by atoms with Crippen molar-refractivity contribution in [3.8, 4) is 0 Å². The van der Waals surface area contributed by atoms with Crippen molar-refractivity contribution < 1.29 is 0 Å². The zero-order chi connectivity index (χ0) is 11.6. The van der Waals surface area contributed by atoms with E-state index >= 15 is 0 Å². The molecule has 1 aliphatic rings. The van der Waals surface area contributed by atoms with E-state index in [0.717, 1.165) is 13.1 Å². The second-order valence-electron chi connectivity index (χ2n) is 4.95. The molecule has 1 aliphatic heterocycles. The summed E-state index contributed by atoms with van der Waals surface area (Å²) in [5.74, 6) is 0. The Bertz CT molecular complexity index is 339. The van der Waals surface area contributed by atoms with Gasteiger partial charge in [-0.15, -0.1) is 0 Å². The van der Waals surface area contributed by atoms with Crippen LogP contribution in [0.25, 0.3) is 0 Å². The number of fused-ring (bicyclic) bond motifs is 1. The summed E-state index contributed by atoms with van der Waals surface area (Å²) in [5, 5.41) is 0. The Kier molecular flexibility index (Phi) is 3.24. The fourth-order valence-electron chi connectivity index (χ4n) is 2.58. The van der Waals surface area contributed by atoms with E-state index < -0.39 is 0 Å². The quantitative estimate of drug-likeness (QED) is 0.779. The smallest absolute Gasteiger partial charge is 0.115 e. The van der Waals surface area contributed by atoms with Gasteiger partial charge in [0.15, 0.2) is 0 Å². The fourth-order valence-corrected chi connectivity index (χ4v) is 2.58. The Morgan fingerprint density at radius 3 is 2.81 bits per heavy atom. The lowest BCUT2D eigenvalue weighted by atomic mass is 9.91. The van der Waals surface area contributed by atoms with Gasteiger partial charge in [0.25, 0.3) is 0 Å². The standard InChI is InChI=1S/C13H21N3/c1-4-6-13(3,5-2)16-8-11-7-14-10-15-12(11)9-16/h7,10H,4-6,8-9H2,1-3H3. The first-order valence-electron chi connectivity index (χ1n) is 6.22. The number of aromatic nitrogens is 2. The van der Waals surface area contributed by atoms with Crippen LogP contribution in [0, 0.1) is 0 Å². The lowest BCUT2D eigenvalue weighted by Gasteiger charge is -2.38. The third-order valence-corrected chi connectivity index (χ3v) is 3.90. The maximum Gasteiger partial charge on any atom is 0.115 e. The first kappa shape index (κ1) is 11.5. The molecule has 16 heavy (non-hydrogen) atoms. The van der Waals surface area contributed by atoms with Gasteiger partial charge >= 0.3 is 0 Å². The molecule has 0 saturated carbocycles. The summed E-state index contributed by atoms with van der Waals surface area (Å²) in [5.41, 5.74) is 2.83. The number of rotatable bonds is 4. The predicted molar refractivity (Wildman–Crippen MR) is 64.9 cm³/mol. The van der Waals surface area contributed by atoms with E-state index in [-0.39, 0.29) is 0 Å². The van der Waals surface area contributed by atoms with Crippen molar-refractivity contribution in [2.45, 2.75) is 58.7 Å². The average Bonchev–Trinajstić information content (AvgIpc) is 2.73. The molecule has 1 atom stereocenters. The van der Waals surface area contributed by atoms with Gasteiger partial charge < -0.3 is 0 Å². The highest BCUT2D eigenvalue weighted by Gasteiger charge is 2.33. The summed E-state index contributed by atoms with van der Waals surface area (Å²) < 4.78 is 0. The SMILES string of the molecule is CCCC(C)(CC)N1Cc2cncnc2C1. The molecule has 3 heteroatoms. The van der Waals surface area contributed by atoms with Crippen LogP contribution in [0.3, 0.4) is 0 Å². The Labute approximate surface area is 97.9 Å². The lowest BCUT2D eigenvalue weighted by Crippen LogP contribution is -2.42. The van der Waals surface area contributed by atoms with E-state index in [4.69, 9.17) is 0 Å². The summed E-state index contributed by atoms with van der Waals surface area (Å²) in [7, 11) is 0. The lowest BCUT2D eigenvalue weighted by molar-refractivity contribution is 0.0860. The van der Waals surface area contributed by atoms with Crippen molar-refractivity contribution in [1.29, 1.82) is 0 Å². The molecule has 0 aliphatic carbocycles. The molecule has 1 aromatic rings. The van der Waals surface area contributed by atoms with Gasteiger partial charge in [0.2, 0.25) is 0 Å². The van der Waals surface area contributed by atoms with E-state index in [9.17, 15) is 0 Å². The van der Waals surface area contributed by atoms with Crippen molar-refractivity contribution in [3.63, 3.8) is 0 Å². The van der Waals surface area contributed by atoms with Crippen LogP contribution in [0.4, 0.5) is 0 Å². The summed E-state index contributed by atoms with van der Waals surface area (Å²) in [6.45, 7) is 8.92. The molecule has 3 nitrogen and oxygen atoms in total. The van der Waals surface area contributed by atoms with Crippen LogP contribution in [0.5, 0.6) is 0 Å². The summed E-state index contributed by atoms with van der Waals surface area (Å²) in [6, 6.07) is 0. The molecule has 88 valence electrons. The summed E-state index contributed by atoms with van der Waals surface area (Å²) in [6.07, 6.45) is 7.31. The first-order valence-corrected chi connectivity index (χ1v) is 6.22. The Morgan fingerprint density at radius 2 is 2.19 bits per heavy atom. The molecular weight excluding hydrogens is 198 g/mol. The van der Waals surface area contributed by atoms with Gasteiger partial charge in [0.1, 0.15) is 6.33 Å². The number of hydrogen-bond donors (Lipinski definition) is 0. The van der Waals surface area contributed by atoms with Gasteiger partial charge in [0.05, 0.1) is 5.69 Å². The van der Waals surface area contributed by atoms with Crippen LogP contribution in [-0.2, 0) is 13.1 Å².